The van der Waals surface area contributed by atoms with Gasteiger partial charge in [0.25, 0.3) is 0 Å². The summed E-state index contributed by atoms with van der Waals surface area (Å²) in [5, 5.41) is 18.6. The molecule has 5 aromatic rings. The fourth-order valence-corrected chi connectivity index (χ4v) is 6.76. The third-order valence-electron chi connectivity index (χ3n) is 7.39. The Bertz CT molecular complexity index is 1880. The Kier molecular flexibility index (Phi) is 7.34. The van der Waals surface area contributed by atoms with Gasteiger partial charge >= 0.3 is 0 Å². The van der Waals surface area contributed by atoms with Gasteiger partial charge in [0, 0.05) is 54.2 Å². The lowest BCUT2D eigenvalue weighted by Crippen LogP contribution is -2.40. The van der Waals surface area contributed by atoms with Crippen LogP contribution >= 0.6 is 0 Å². The number of aromatic nitrogens is 6. The van der Waals surface area contributed by atoms with E-state index in [2.05, 4.69) is 39.4 Å². The van der Waals surface area contributed by atoms with Crippen LogP contribution in [0.15, 0.2) is 71.7 Å². The van der Waals surface area contributed by atoms with Gasteiger partial charge in [-0.2, -0.15) is 15.5 Å². The third kappa shape index (κ3) is 5.43. The van der Waals surface area contributed by atoms with Crippen molar-refractivity contribution in [2.24, 2.45) is 4.36 Å². The summed E-state index contributed by atoms with van der Waals surface area (Å²) < 4.78 is 26.7. The van der Waals surface area contributed by atoms with Crippen LogP contribution < -0.4 is 9.64 Å². The number of hydrogen-bond acceptors (Lipinski definition) is 9. The second-order valence-corrected chi connectivity index (χ2v) is 13.1. The number of nitriles is 1. The van der Waals surface area contributed by atoms with Crippen molar-refractivity contribution >= 4 is 21.1 Å². The molecule has 0 aliphatic carbocycles. The van der Waals surface area contributed by atoms with E-state index in [1.165, 1.54) is 0 Å². The summed E-state index contributed by atoms with van der Waals surface area (Å²) in [7, 11) is -0.656. The smallest absolute Gasteiger partial charge is 0.128 e. The van der Waals surface area contributed by atoms with Gasteiger partial charge in [-0.3, -0.25) is 4.68 Å². The quantitative estimate of drug-likeness (QED) is 0.273. The maximum atomic E-state index is 13.4. The van der Waals surface area contributed by atoms with E-state index in [0.717, 1.165) is 28.3 Å². The zero-order valence-electron chi connectivity index (χ0n) is 23.7. The zero-order valence-corrected chi connectivity index (χ0v) is 24.5. The zero-order chi connectivity index (χ0) is 29.3. The number of pyridine rings is 1. The Hall–Kier alpha value is -4.76. The maximum Gasteiger partial charge on any atom is 0.128 e. The average Bonchev–Trinajstić information content (AvgIpc) is 3.68. The Morgan fingerprint density at radius 2 is 1.81 bits per heavy atom. The van der Waals surface area contributed by atoms with E-state index in [-0.39, 0.29) is 6.04 Å². The molecule has 1 aromatic carbocycles. The number of rotatable bonds is 7. The Morgan fingerprint density at radius 1 is 1.02 bits per heavy atom. The SMILES string of the molecule is COc1ccc(CN=S2(=O)CCN(c3ccc(-c4nc(-c5cnn(C(C)C)c5)cn5ncc(C#N)c45)cn3)CC2)cc1. The minimum Gasteiger partial charge on any atom is -0.497 e. The van der Waals surface area contributed by atoms with E-state index in [4.69, 9.17) is 14.7 Å². The molecule has 1 aliphatic heterocycles. The van der Waals surface area contributed by atoms with Crippen LogP contribution in [0.4, 0.5) is 5.82 Å². The molecule has 0 spiro atoms. The van der Waals surface area contributed by atoms with Gasteiger partial charge in [-0.1, -0.05) is 12.1 Å². The third-order valence-corrected chi connectivity index (χ3v) is 9.63. The Balaban J connectivity index is 1.22. The Morgan fingerprint density at radius 3 is 2.45 bits per heavy atom. The fourth-order valence-electron chi connectivity index (χ4n) is 4.90. The molecule has 0 unspecified atom stereocenters. The molecule has 1 saturated heterocycles. The van der Waals surface area contributed by atoms with Crippen LogP contribution in [0.1, 0.15) is 31.0 Å². The minimum atomic E-state index is -2.29. The second-order valence-electron chi connectivity index (χ2n) is 10.4. The summed E-state index contributed by atoms with van der Waals surface area (Å²) in [6, 6.07) is 14.0. The van der Waals surface area contributed by atoms with E-state index in [0.29, 0.717) is 53.6 Å². The van der Waals surface area contributed by atoms with Gasteiger partial charge in [-0.25, -0.2) is 23.1 Å². The summed E-state index contributed by atoms with van der Waals surface area (Å²) in [6.45, 7) is 5.77. The number of hydrogen-bond donors (Lipinski definition) is 0. The lowest BCUT2D eigenvalue weighted by Gasteiger charge is -2.29. The van der Waals surface area contributed by atoms with Gasteiger partial charge in [0.15, 0.2) is 0 Å². The Labute approximate surface area is 244 Å². The molecule has 1 aliphatic rings. The first-order chi connectivity index (χ1) is 20.4. The van der Waals surface area contributed by atoms with Crippen molar-refractivity contribution < 1.29 is 8.95 Å². The van der Waals surface area contributed by atoms with Crippen molar-refractivity contribution in [1.82, 2.24) is 29.4 Å². The second kappa shape index (κ2) is 11.3. The first-order valence-corrected chi connectivity index (χ1v) is 15.6. The molecule has 11 nitrogen and oxygen atoms in total. The molecule has 0 saturated carbocycles. The van der Waals surface area contributed by atoms with Crippen LogP contribution in [0.5, 0.6) is 5.75 Å². The van der Waals surface area contributed by atoms with Crippen LogP contribution in [0.2, 0.25) is 0 Å². The lowest BCUT2D eigenvalue weighted by atomic mass is 10.1. The highest BCUT2D eigenvalue weighted by Gasteiger charge is 2.22. The van der Waals surface area contributed by atoms with Gasteiger partial charge in [-0.15, -0.1) is 0 Å². The van der Waals surface area contributed by atoms with Gasteiger partial charge in [0.1, 0.15) is 28.7 Å². The normalized spacial score (nSPS) is 14.7. The molecule has 0 bridgehead atoms. The molecular weight excluding hydrogens is 550 g/mol. The van der Waals surface area contributed by atoms with Crippen molar-refractivity contribution in [3.8, 4) is 34.3 Å². The first kappa shape index (κ1) is 27.4. The van der Waals surface area contributed by atoms with E-state index in [1.807, 2.05) is 53.5 Å². The number of fused-ring (bicyclic) bond motifs is 1. The summed E-state index contributed by atoms with van der Waals surface area (Å²) in [6.07, 6.45) is 8.87. The van der Waals surface area contributed by atoms with Gasteiger partial charge < -0.3 is 9.64 Å². The van der Waals surface area contributed by atoms with Gasteiger partial charge in [-0.05, 0) is 43.7 Å². The molecular formula is C30H31N9O2S. The molecule has 214 valence electrons. The summed E-state index contributed by atoms with van der Waals surface area (Å²) >= 11 is 0. The standard InChI is InChI=1S/C30H31N9O2S/c1-21(2)38-19-25(18-33-38)27-20-39-30(24(14-31)17-34-39)29(36-27)23-6-9-28(32-16-23)37-10-12-42(40,13-11-37)35-15-22-4-7-26(41-3)8-5-22/h4-9,16-21H,10-13,15H2,1-3H3. The van der Waals surface area contributed by atoms with Crippen molar-refractivity contribution in [2.45, 2.75) is 26.4 Å². The van der Waals surface area contributed by atoms with Gasteiger partial charge in [0.2, 0.25) is 0 Å². The topological polar surface area (TPSA) is 127 Å². The molecule has 0 N–H and O–H groups in total. The number of ether oxygens (including phenoxy) is 1. The number of nitrogens with zero attached hydrogens (tertiary/aromatic N) is 9. The van der Waals surface area contributed by atoms with Crippen LogP contribution in [0.3, 0.4) is 0 Å². The van der Waals surface area contributed by atoms with Crippen LogP contribution in [-0.4, -0.2) is 65.3 Å². The first-order valence-electron chi connectivity index (χ1n) is 13.7. The maximum absolute atomic E-state index is 13.4. The van der Waals surface area contributed by atoms with Crippen LogP contribution in [-0.2, 0) is 16.3 Å². The molecule has 12 heteroatoms. The molecule has 42 heavy (non-hydrogen) atoms. The summed E-state index contributed by atoms with van der Waals surface area (Å²) in [4.78, 5) is 11.8. The lowest BCUT2D eigenvalue weighted by molar-refractivity contribution is 0.414. The van der Waals surface area contributed by atoms with E-state index in [9.17, 15) is 9.47 Å². The molecule has 6 rings (SSSR count). The highest BCUT2D eigenvalue weighted by atomic mass is 32.2. The highest BCUT2D eigenvalue weighted by Crippen LogP contribution is 2.30. The van der Waals surface area contributed by atoms with Crippen molar-refractivity contribution in [3.05, 3.63) is 78.5 Å². The van der Waals surface area contributed by atoms with E-state index >= 15 is 0 Å². The molecule has 0 amide bonds. The predicted octanol–water partition coefficient (Wildman–Crippen LogP) is 4.60. The van der Waals surface area contributed by atoms with E-state index < -0.39 is 9.73 Å². The van der Waals surface area contributed by atoms with Crippen LogP contribution in [0.25, 0.3) is 28.0 Å². The molecule has 0 atom stereocenters. The van der Waals surface area contributed by atoms with Crippen molar-refractivity contribution in [3.63, 3.8) is 0 Å². The molecule has 5 heterocycles. The largest absolute Gasteiger partial charge is 0.497 e. The fraction of sp³-hybridized carbons (Fsp3) is 0.300. The molecule has 4 aromatic heterocycles. The number of methoxy groups -OCH3 is 1. The molecule has 1 fully saturated rings. The number of benzene rings is 1. The minimum absolute atomic E-state index is 0.221. The predicted molar refractivity (Wildman–Crippen MR) is 162 cm³/mol. The number of anilines is 1. The van der Waals surface area contributed by atoms with Crippen molar-refractivity contribution in [2.75, 3.05) is 36.6 Å². The summed E-state index contributed by atoms with van der Waals surface area (Å²) in [5.74, 6) is 2.57. The highest BCUT2D eigenvalue weighted by molar-refractivity contribution is 7.93. The monoisotopic (exact) mass is 581 g/mol. The van der Waals surface area contributed by atoms with Crippen molar-refractivity contribution in [1.29, 1.82) is 5.26 Å². The molecule has 0 radical (unpaired) electrons. The van der Waals surface area contributed by atoms with E-state index in [1.54, 1.807) is 30.2 Å². The van der Waals surface area contributed by atoms with Crippen LogP contribution in [0, 0.1) is 11.3 Å². The summed E-state index contributed by atoms with van der Waals surface area (Å²) in [5.41, 5.74) is 5.03. The van der Waals surface area contributed by atoms with Gasteiger partial charge in [0.05, 0.1) is 53.4 Å². The average molecular weight is 582 g/mol.